The molecule has 0 bridgehead atoms. The molecule has 1 N–H and O–H groups in total. The van der Waals surface area contributed by atoms with Gasteiger partial charge in [0.05, 0.1) is 6.61 Å². The Balaban J connectivity index is 1.96. The fourth-order valence-corrected chi connectivity index (χ4v) is 2.21. The molecule has 0 fully saturated rings. The number of aryl methyl sites for hydroxylation is 1. The molecular weight excluding hydrogens is 330 g/mol. The summed E-state index contributed by atoms with van der Waals surface area (Å²) in [6, 6.07) is 11.9. The first-order valence-corrected chi connectivity index (χ1v) is 7.84. The zero-order valence-electron chi connectivity index (χ0n) is 13.5. The van der Waals surface area contributed by atoms with Gasteiger partial charge in [-0.15, -0.1) is 0 Å². The van der Waals surface area contributed by atoms with Crippen LogP contribution in [0.1, 0.15) is 22.8 Å². The number of carbonyl (C=O) groups excluding carboxylic acids is 2. The van der Waals surface area contributed by atoms with Gasteiger partial charge in [-0.2, -0.15) is 0 Å². The smallest absolute Gasteiger partial charge is 0.342 e. The molecule has 2 rings (SSSR count). The van der Waals surface area contributed by atoms with Crippen molar-refractivity contribution in [3.05, 3.63) is 58.6 Å². The van der Waals surface area contributed by atoms with E-state index in [2.05, 4.69) is 5.32 Å². The lowest BCUT2D eigenvalue weighted by molar-refractivity contribution is -0.119. The Morgan fingerprint density at radius 1 is 1.17 bits per heavy atom. The lowest BCUT2D eigenvalue weighted by Gasteiger charge is -2.11. The van der Waals surface area contributed by atoms with E-state index in [1.54, 1.807) is 42.5 Å². The molecule has 126 valence electrons. The number of amides is 1. The maximum Gasteiger partial charge on any atom is 0.342 e. The van der Waals surface area contributed by atoms with Gasteiger partial charge in [0.25, 0.3) is 5.91 Å². The van der Waals surface area contributed by atoms with Crippen molar-refractivity contribution in [2.75, 3.05) is 18.5 Å². The standard InChI is InChI=1S/C18H18ClNO4/c1-3-23-16-7-5-4-6-14(16)18(22)24-11-17(21)20-15-10-13(19)9-8-12(15)2/h4-10H,3,11H2,1-2H3,(H,20,21). The molecule has 0 unspecified atom stereocenters. The monoisotopic (exact) mass is 347 g/mol. The first-order chi connectivity index (χ1) is 11.5. The zero-order chi connectivity index (χ0) is 17.5. The van der Waals surface area contributed by atoms with Crippen LogP contribution in [-0.2, 0) is 9.53 Å². The van der Waals surface area contributed by atoms with Crippen LogP contribution in [0.15, 0.2) is 42.5 Å². The number of rotatable bonds is 6. The summed E-state index contributed by atoms with van der Waals surface area (Å²) in [6.07, 6.45) is 0. The molecule has 1 amide bonds. The van der Waals surface area contributed by atoms with Gasteiger partial charge in [0.15, 0.2) is 6.61 Å². The second-order valence-corrected chi connectivity index (χ2v) is 5.45. The minimum Gasteiger partial charge on any atom is -0.493 e. The molecule has 0 heterocycles. The maximum atomic E-state index is 12.1. The number of carbonyl (C=O) groups is 2. The van der Waals surface area contributed by atoms with Gasteiger partial charge in [-0.1, -0.05) is 29.8 Å². The minimum absolute atomic E-state index is 0.283. The number of hydrogen-bond donors (Lipinski definition) is 1. The van der Waals surface area contributed by atoms with Gasteiger partial charge in [-0.25, -0.2) is 4.79 Å². The van der Waals surface area contributed by atoms with Gasteiger partial charge in [0, 0.05) is 10.7 Å². The number of esters is 1. The summed E-state index contributed by atoms with van der Waals surface area (Å²) in [5.74, 6) is -0.629. The average Bonchev–Trinajstić information content (AvgIpc) is 2.57. The lowest BCUT2D eigenvalue weighted by atomic mass is 10.2. The van der Waals surface area contributed by atoms with Crippen LogP contribution in [0.25, 0.3) is 0 Å². The SMILES string of the molecule is CCOc1ccccc1C(=O)OCC(=O)Nc1cc(Cl)ccc1C. The summed E-state index contributed by atoms with van der Waals surface area (Å²) in [7, 11) is 0. The molecule has 0 aliphatic carbocycles. The minimum atomic E-state index is -0.614. The second-order valence-electron chi connectivity index (χ2n) is 5.01. The van der Waals surface area contributed by atoms with Crippen LogP contribution < -0.4 is 10.1 Å². The molecule has 6 heteroatoms. The van der Waals surface area contributed by atoms with Gasteiger partial charge in [0.1, 0.15) is 11.3 Å². The summed E-state index contributed by atoms with van der Waals surface area (Å²) in [5.41, 5.74) is 1.73. The first kappa shape index (κ1) is 17.8. The second kappa shape index (κ2) is 8.36. The van der Waals surface area contributed by atoms with Crippen LogP contribution in [0.3, 0.4) is 0 Å². The van der Waals surface area contributed by atoms with Gasteiger partial charge in [-0.3, -0.25) is 4.79 Å². The van der Waals surface area contributed by atoms with Gasteiger partial charge in [0.2, 0.25) is 0 Å². The predicted octanol–water partition coefficient (Wildman–Crippen LogP) is 3.84. The molecule has 0 aliphatic heterocycles. The predicted molar refractivity (Wildman–Crippen MR) is 92.7 cm³/mol. The van der Waals surface area contributed by atoms with Gasteiger partial charge < -0.3 is 14.8 Å². The lowest BCUT2D eigenvalue weighted by Crippen LogP contribution is -2.21. The van der Waals surface area contributed by atoms with Crippen molar-refractivity contribution in [1.29, 1.82) is 0 Å². The summed E-state index contributed by atoms with van der Waals surface area (Å²) in [5, 5.41) is 3.18. The Bertz CT molecular complexity index is 746. The van der Waals surface area contributed by atoms with Gasteiger partial charge in [-0.05, 0) is 43.7 Å². The van der Waals surface area contributed by atoms with Crippen LogP contribution in [-0.4, -0.2) is 25.1 Å². The molecule has 0 radical (unpaired) electrons. The number of ether oxygens (including phenoxy) is 2. The highest BCUT2D eigenvalue weighted by atomic mass is 35.5. The molecule has 0 aromatic heterocycles. The Kier molecular flexibility index (Phi) is 6.21. The van der Waals surface area contributed by atoms with E-state index < -0.39 is 18.5 Å². The molecule has 24 heavy (non-hydrogen) atoms. The van der Waals surface area contributed by atoms with E-state index in [0.717, 1.165) is 5.56 Å². The summed E-state index contributed by atoms with van der Waals surface area (Å²) < 4.78 is 10.4. The molecular formula is C18H18ClNO4. The third-order valence-electron chi connectivity index (χ3n) is 3.21. The molecule has 0 atom stereocenters. The van der Waals surface area contributed by atoms with E-state index in [1.165, 1.54) is 0 Å². The van der Waals surface area contributed by atoms with Crippen LogP contribution in [0.5, 0.6) is 5.75 Å². The Morgan fingerprint density at radius 3 is 2.67 bits per heavy atom. The molecule has 0 spiro atoms. The highest BCUT2D eigenvalue weighted by Gasteiger charge is 2.15. The number of para-hydroxylation sites is 1. The largest absolute Gasteiger partial charge is 0.493 e. The highest BCUT2D eigenvalue weighted by Crippen LogP contribution is 2.21. The summed E-state index contributed by atoms with van der Waals surface area (Å²) in [4.78, 5) is 24.1. The maximum absolute atomic E-state index is 12.1. The highest BCUT2D eigenvalue weighted by molar-refractivity contribution is 6.31. The third kappa shape index (κ3) is 4.73. The van der Waals surface area contributed by atoms with Crippen molar-refractivity contribution in [2.45, 2.75) is 13.8 Å². The number of halogens is 1. The molecule has 0 saturated heterocycles. The molecule has 5 nitrogen and oxygen atoms in total. The third-order valence-corrected chi connectivity index (χ3v) is 3.45. The Morgan fingerprint density at radius 2 is 1.92 bits per heavy atom. The van der Waals surface area contributed by atoms with E-state index in [-0.39, 0.29) is 5.56 Å². The zero-order valence-corrected chi connectivity index (χ0v) is 14.2. The van der Waals surface area contributed by atoms with Crippen molar-refractivity contribution in [3.8, 4) is 5.75 Å². The fraction of sp³-hybridized carbons (Fsp3) is 0.222. The van der Waals surface area contributed by atoms with E-state index in [4.69, 9.17) is 21.1 Å². The van der Waals surface area contributed by atoms with E-state index >= 15 is 0 Å². The van der Waals surface area contributed by atoms with E-state index in [1.807, 2.05) is 13.8 Å². The van der Waals surface area contributed by atoms with Crippen molar-refractivity contribution >= 4 is 29.2 Å². The van der Waals surface area contributed by atoms with E-state index in [9.17, 15) is 9.59 Å². The van der Waals surface area contributed by atoms with Crippen LogP contribution in [0.4, 0.5) is 5.69 Å². The first-order valence-electron chi connectivity index (χ1n) is 7.46. The van der Waals surface area contributed by atoms with Crippen molar-refractivity contribution in [3.63, 3.8) is 0 Å². The quantitative estimate of drug-likeness (QED) is 0.806. The summed E-state index contributed by atoms with van der Waals surface area (Å²) in [6.45, 7) is 3.70. The normalized spacial score (nSPS) is 10.1. The summed E-state index contributed by atoms with van der Waals surface area (Å²) >= 11 is 5.90. The molecule has 2 aromatic rings. The number of hydrogen-bond acceptors (Lipinski definition) is 4. The Labute approximate surface area is 145 Å². The molecule has 0 aliphatic rings. The van der Waals surface area contributed by atoms with Crippen LogP contribution in [0.2, 0.25) is 5.02 Å². The Hall–Kier alpha value is -2.53. The number of benzene rings is 2. The molecule has 0 saturated carbocycles. The fourth-order valence-electron chi connectivity index (χ4n) is 2.04. The van der Waals surface area contributed by atoms with Gasteiger partial charge >= 0.3 is 5.97 Å². The van der Waals surface area contributed by atoms with E-state index in [0.29, 0.717) is 23.1 Å². The van der Waals surface area contributed by atoms with Crippen molar-refractivity contribution in [2.24, 2.45) is 0 Å². The number of anilines is 1. The number of nitrogens with one attached hydrogen (secondary N) is 1. The van der Waals surface area contributed by atoms with Crippen LogP contribution in [0, 0.1) is 6.92 Å². The van der Waals surface area contributed by atoms with Crippen LogP contribution >= 0.6 is 11.6 Å². The van der Waals surface area contributed by atoms with Crippen molar-refractivity contribution in [1.82, 2.24) is 0 Å². The van der Waals surface area contributed by atoms with Crippen molar-refractivity contribution < 1.29 is 19.1 Å². The average molecular weight is 348 g/mol. The topological polar surface area (TPSA) is 64.6 Å². The molecule has 2 aromatic carbocycles.